The van der Waals surface area contributed by atoms with Crippen LogP contribution in [0.15, 0.2) is 6.07 Å². The van der Waals surface area contributed by atoms with E-state index in [0.717, 1.165) is 12.8 Å². The third-order valence-electron chi connectivity index (χ3n) is 5.97. The average molecular weight is 437 g/mol. The molecule has 6 heteroatoms. The van der Waals surface area contributed by atoms with Gasteiger partial charge in [-0.05, 0) is 26.3 Å². The Hall–Kier alpha value is -2.24. The van der Waals surface area contributed by atoms with Crippen molar-refractivity contribution in [1.82, 2.24) is 0 Å². The van der Waals surface area contributed by atoms with E-state index in [2.05, 4.69) is 20.8 Å². The van der Waals surface area contributed by atoms with Crippen molar-refractivity contribution in [3.8, 4) is 17.2 Å². The lowest BCUT2D eigenvalue weighted by atomic mass is 9.82. The van der Waals surface area contributed by atoms with Gasteiger partial charge in [-0.25, -0.2) is 4.79 Å². The number of benzene rings is 1. The molecule has 0 aliphatic rings. The summed E-state index contributed by atoms with van der Waals surface area (Å²) in [5.41, 5.74) is 0.225. The lowest BCUT2D eigenvalue weighted by molar-refractivity contribution is -0.00383. The molecule has 1 atom stereocenters. The quantitative estimate of drug-likeness (QED) is 0.195. The first-order chi connectivity index (χ1) is 14.6. The topological polar surface area (TPSA) is 71.1 Å². The molecule has 0 fully saturated rings. The second-order valence-electron chi connectivity index (χ2n) is 8.68. The van der Waals surface area contributed by atoms with Gasteiger partial charge in [0.15, 0.2) is 17.3 Å². The van der Waals surface area contributed by atoms with E-state index in [9.17, 15) is 9.59 Å². The molecular weight excluding hydrogens is 396 g/mol. The van der Waals surface area contributed by atoms with E-state index < -0.39 is 5.97 Å². The van der Waals surface area contributed by atoms with Crippen LogP contribution in [0.3, 0.4) is 0 Å². The molecule has 1 unspecified atom stereocenters. The van der Waals surface area contributed by atoms with Crippen LogP contribution in [0.25, 0.3) is 0 Å². The van der Waals surface area contributed by atoms with Crippen molar-refractivity contribution in [2.45, 2.75) is 85.7 Å². The molecule has 0 spiro atoms. The van der Waals surface area contributed by atoms with Crippen LogP contribution >= 0.6 is 0 Å². The van der Waals surface area contributed by atoms with Crippen molar-refractivity contribution in [1.29, 1.82) is 0 Å². The Morgan fingerprint density at radius 2 is 1.52 bits per heavy atom. The van der Waals surface area contributed by atoms with Crippen LogP contribution in [-0.4, -0.2) is 39.2 Å². The number of carbonyl (C=O) groups excluding carboxylic acids is 2. The van der Waals surface area contributed by atoms with E-state index in [1.807, 2.05) is 6.92 Å². The molecule has 1 rings (SSSR count). The molecule has 0 saturated heterocycles. The fourth-order valence-electron chi connectivity index (χ4n) is 3.57. The monoisotopic (exact) mass is 436 g/mol. The van der Waals surface area contributed by atoms with Crippen LogP contribution in [-0.2, 0) is 4.74 Å². The van der Waals surface area contributed by atoms with E-state index in [1.54, 1.807) is 0 Å². The molecule has 6 nitrogen and oxygen atoms in total. The Labute approximate surface area is 187 Å². The maximum Gasteiger partial charge on any atom is 0.346 e. The number of hydrogen-bond donors (Lipinski definition) is 0. The zero-order chi connectivity index (χ0) is 23.6. The van der Waals surface area contributed by atoms with Crippen LogP contribution in [0.4, 0.5) is 0 Å². The third-order valence-corrected chi connectivity index (χ3v) is 5.97. The number of hydrogen-bond acceptors (Lipinski definition) is 6. The van der Waals surface area contributed by atoms with Crippen LogP contribution < -0.4 is 14.2 Å². The number of unbranched alkanes of at least 4 members (excludes halogenated alkanes) is 5. The molecule has 0 bridgehead atoms. The van der Waals surface area contributed by atoms with Gasteiger partial charge in [0.25, 0.3) is 0 Å². The highest BCUT2D eigenvalue weighted by Crippen LogP contribution is 2.42. The Bertz CT molecular complexity index is 738. The molecule has 0 saturated carbocycles. The number of methoxy groups -OCH3 is 3. The fraction of sp³-hybridized carbons (Fsp3) is 0.680. The molecule has 176 valence electrons. The van der Waals surface area contributed by atoms with Gasteiger partial charge in [-0.1, -0.05) is 59.3 Å². The van der Waals surface area contributed by atoms with Crippen molar-refractivity contribution in [3.63, 3.8) is 0 Å². The minimum Gasteiger partial charge on any atom is -0.496 e. The lowest BCUT2D eigenvalue weighted by Gasteiger charge is -2.32. The van der Waals surface area contributed by atoms with Crippen LogP contribution in [0.5, 0.6) is 17.2 Å². The predicted octanol–water partition coefficient (Wildman–Crippen LogP) is 6.24. The van der Waals surface area contributed by atoms with Gasteiger partial charge in [0, 0.05) is 5.41 Å². The van der Waals surface area contributed by atoms with E-state index in [0.29, 0.717) is 0 Å². The first kappa shape index (κ1) is 26.8. The van der Waals surface area contributed by atoms with Gasteiger partial charge in [-0.2, -0.15) is 0 Å². The third kappa shape index (κ3) is 7.15. The Morgan fingerprint density at radius 1 is 0.935 bits per heavy atom. The molecule has 0 amide bonds. The number of carbonyl (C=O) groups is 2. The zero-order valence-electron chi connectivity index (χ0n) is 20.6. The Kier molecular flexibility index (Phi) is 10.9. The van der Waals surface area contributed by atoms with Crippen LogP contribution in [0.2, 0.25) is 0 Å². The minimum atomic E-state index is -0.564. The summed E-state index contributed by atoms with van der Waals surface area (Å²) in [4.78, 5) is 25.2. The van der Waals surface area contributed by atoms with Gasteiger partial charge in [-0.15, -0.1) is 0 Å². The standard InChI is InChI=1S/C25H40O6/c1-9-10-11-12-13-14-15-25(4,5)18(3)31-24(27)21-20(28-6)16-19(17(2)26)22(29-7)23(21)30-8/h16,18H,9-15H2,1-8H3. The zero-order valence-corrected chi connectivity index (χ0v) is 20.6. The molecule has 1 aromatic carbocycles. The highest BCUT2D eigenvalue weighted by Gasteiger charge is 2.33. The lowest BCUT2D eigenvalue weighted by Crippen LogP contribution is -2.32. The molecule has 0 aliphatic carbocycles. The smallest absolute Gasteiger partial charge is 0.346 e. The molecular formula is C25H40O6. The highest BCUT2D eigenvalue weighted by molar-refractivity contribution is 6.03. The summed E-state index contributed by atoms with van der Waals surface area (Å²) in [6, 6.07) is 1.49. The predicted molar refractivity (Wildman–Crippen MR) is 123 cm³/mol. The van der Waals surface area contributed by atoms with E-state index in [1.165, 1.54) is 66.4 Å². The van der Waals surface area contributed by atoms with Gasteiger partial charge in [-0.3, -0.25) is 4.79 Å². The molecule has 0 radical (unpaired) electrons. The minimum absolute atomic E-state index is 0.120. The second kappa shape index (κ2) is 12.6. The molecule has 0 N–H and O–H groups in total. The SMILES string of the molecule is CCCCCCCCC(C)(C)C(C)OC(=O)c1c(OC)cc(C(C)=O)c(OC)c1OC. The summed E-state index contributed by atoms with van der Waals surface area (Å²) in [5, 5.41) is 0. The molecule has 1 aromatic rings. The van der Waals surface area contributed by atoms with E-state index >= 15 is 0 Å². The van der Waals surface area contributed by atoms with Gasteiger partial charge in [0.05, 0.1) is 26.9 Å². The van der Waals surface area contributed by atoms with Crippen molar-refractivity contribution >= 4 is 11.8 Å². The molecule has 0 aliphatic heterocycles. The maximum atomic E-state index is 13.1. The molecule has 31 heavy (non-hydrogen) atoms. The number of ketones is 1. The van der Waals surface area contributed by atoms with Gasteiger partial charge < -0.3 is 18.9 Å². The number of rotatable bonds is 14. The largest absolute Gasteiger partial charge is 0.496 e. The van der Waals surface area contributed by atoms with Crippen molar-refractivity contribution in [3.05, 3.63) is 17.2 Å². The number of esters is 1. The van der Waals surface area contributed by atoms with Gasteiger partial charge in [0.2, 0.25) is 0 Å². The summed E-state index contributed by atoms with van der Waals surface area (Å²) < 4.78 is 22.0. The second-order valence-corrected chi connectivity index (χ2v) is 8.68. The Morgan fingerprint density at radius 3 is 2.03 bits per heavy atom. The van der Waals surface area contributed by atoms with Gasteiger partial charge >= 0.3 is 5.97 Å². The van der Waals surface area contributed by atoms with Crippen LogP contribution in [0.1, 0.15) is 100 Å². The molecule has 0 heterocycles. The summed E-state index contributed by atoms with van der Waals surface area (Å²) in [6.07, 6.45) is 7.99. The van der Waals surface area contributed by atoms with E-state index in [4.69, 9.17) is 18.9 Å². The summed E-state index contributed by atoms with van der Waals surface area (Å²) in [6.45, 7) is 9.78. The van der Waals surface area contributed by atoms with Crippen LogP contribution in [0, 0.1) is 5.41 Å². The molecule has 0 aromatic heterocycles. The first-order valence-electron chi connectivity index (χ1n) is 11.2. The number of ether oxygens (including phenoxy) is 4. The van der Waals surface area contributed by atoms with Crippen molar-refractivity contribution in [2.24, 2.45) is 5.41 Å². The Balaban J connectivity index is 3.03. The normalized spacial score (nSPS) is 12.3. The van der Waals surface area contributed by atoms with Gasteiger partial charge in [0.1, 0.15) is 17.4 Å². The summed E-state index contributed by atoms with van der Waals surface area (Å²) in [5.74, 6) is -0.235. The van der Waals surface area contributed by atoms with Crippen molar-refractivity contribution < 1.29 is 28.5 Å². The van der Waals surface area contributed by atoms with E-state index in [-0.39, 0.29) is 45.7 Å². The van der Waals surface area contributed by atoms with Crippen molar-refractivity contribution in [2.75, 3.05) is 21.3 Å². The average Bonchev–Trinajstić information content (AvgIpc) is 2.73. The summed E-state index contributed by atoms with van der Waals surface area (Å²) in [7, 11) is 4.29. The summed E-state index contributed by atoms with van der Waals surface area (Å²) >= 11 is 0. The number of Topliss-reactive ketones (excluding diaryl/α,β-unsaturated/α-hetero) is 1. The first-order valence-corrected chi connectivity index (χ1v) is 11.2. The fourth-order valence-corrected chi connectivity index (χ4v) is 3.57. The maximum absolute atomic E-state index is 13.1. The highest BCUT2D eigenvalue weighted by atomic mass is 16.6.